The maximum Gasteiger partial charge on any atom is 0.269 e. The molecule has 1 aromatic rings. The Morgan fingerprint density at radius 3 is 2.67 bits per heavy atom. The van der Waals surface area contributed by atoms with Crippen LogP contribution in [0.4, 0.5) is 0 Å². The van der Waals surface area contributed by atoms with Crippen LogP contribution in [0.15, 0.2) is 23.5 Å². The van der Waals surface area contributed by atoms with E-state index >= 15 is 0 Å². The molecule has 0 saturated carbocycles. The minimum atomic E-state index is 0. The van der Waals surface area contributed by atoms with Gasteiger partial charge >= 0.3 is 0 Å². The lowest BCUT2D eigenvalue weighted by molar-refractivity contribution is 0.594. The molecule has 0 unspecified atom stereocenters. The van der Waals surface area contributed by atoms with E-state index in [1.54, 1.807) is 6.08 Å². The predicted octanol–water partition coefficient (Wildman–Crippen LogP) is 1.17. The number of aryl methyl sites for hydroxylation is 2. The standard InChI is InChI=1S/C11H16N2O.B/c1-4-7-10-8-9(5-2)11(14)13(6-3)12-10;/h4,8H,1,5-7H2,2-3H3;. The molecule has 0 fully saturated rings. The highest BCUT2D eigenvalue weighted by Crippen LogP contribution is 1.99. The first kappa shape index (κ1) is 13.7. The zero-order chi connectivity index (χ0) is 10.6. The molecule has 0 spiro atoms. The maximum absolute atomic E-state index is 11.7. The number of allylic oxidation sites excluding steroid dienone is 1. The molecule has 3 radical (unpaired) electrons. The van der Waals surface area contributed by atoms with Crippen LogP contribution in [0, 0.1) is 0 Å². The molecule has 0 aromatic carbocycles. The summed E-state index contributed by atoms with van der Waals surface area (Å²) >= 11 is 0. The highest BCUT2D eigenvalue weighted by atomic mass is 16.1. The van der Waals surface area contributed by atoms with Crippen molar-refractivity contribution in [2.75, 3.05) is 0 Å². The lowest BCUT2D eigenvalue weighted by Crippen LogP contribution is -2.26. The number of hydrogen-bond donors (Lipinski definition) is 0. The maximum atomic E-state index is 11.7. The van der Waals surface area contributed by atoms with Crippen LogP contribution in [0.2, 0.25) is 0 Å². The quantitative estimate of drug-likeness (QED) is 0.543. The molecular formula is C11H16BN2O. The summed E-state index contributed by atoms with van der Waals surface area (Å²) in [6.45, 7) is 8.19. The molecule has 1 aromatic heterocycles. The second-order valence-corrected chi connectivity index (χ2v) is 3.13. The van der Waals surface area contributed by atoms with Crippen LogP contribution in [0.3, 0.4) is 0 Å². The molecule has 0 atom stereocenters. The van der Waals surface area contributed by atoms with Gasteiger partial charge in [0.2, 0.25) is 0 Å². The van der Waals surface area contributed by atoms with E-state index in [0.717, 1.165) is 17.7 Å². The minimum absolute atomic E-state index is 0. The third-order valence-corrected chi connectivity index (χ3v) is 2.13. The normalized spacial score (nSPS) is 9.47. The minimum Gasteiger partial charge on any atom is -0.268 e. The summed E-state index contributed by atoms with van der Waals surface area (Å²) in [4.78, 5) is 11.7. The molecule has 0 saturated heterocycles. The number of nitrogens with zero attached hydrogens (tertiary/aromatic N) is 2. The van der Waals surface area contributed by atoms with E-state index in [1.165, 1.54) is 4.68 Å². The van der Waals surface area contributed by atoms with Crippen molar-refractivity contribution in [3.63, 3.8) is 0 Å². The molecule has 15 heavy (non-hydrogen) atoms. The van der Waals surface area contributed by atoms with Gasteiger partial charge in [0, 0.05) is 26.9 Å². The molecule has 0 aliphatic heterocycles. The third kappa shape index (κ3) is 3.08. The van der Waals surface area contributed by atoms with Gasteiger partial charge in [-0.25, -0.2) is 4.68 Å². The Bertz CT molecular complexity index is 356. The van der Waals surface area contributed by atoms with Gasteiger partial charge in [-0.05, 0) is 19.4 Å². The van der Waals surface area contributed by atoms with E-state index in [9.17, 15) is 4.79 Å². The molecule has 3 nitrogen and oxygen atoms in total. The fourth-order valence-electron chi connectivity index (χ4n) is 1.37. The van der Waals surface area contributed by atoms with E-state index in [4.69, 9.17) is 0 Å². The summed E-state index contributed by atoms with van der Waals surface area (Å²) in [5.74, 6) is 0. The fourth-order valence-corrected chi connectivity index (χ4v) is 1.37. The Labute approximate surface area is 92.4 Å². The van der Waals surface area contributed by atoms with Gasteiger partial charge in [-0.2, -0.15) is 5.10 Å². The number of hydrogen-bond acceptors (Lipinski definition) is 2. The third-order valence-electron chi connectivity index (χ3n) is 2.13. The van der Waals surface area contributed by atoms with Crippen LogP contribution in [-0.4, -0.2) is 18.2 Å². The van der Waals surface area contributed by atoms with Crippen molar-refractivity contribution in [3.8, 4) is 0 Å². The molecule has 79 valence electrons. The summed E-state index contributed by atoms with van der Waals surface area (Å²) in [5, 5.41) is 4.22. The lowest BCUT2D eigenvalue weighted by atomic mass is 10.2. The number of rotatable bonds is 4. The molecule has 1 heterocycles. The smallest absolute Gasteiger partial charge is 0.268 e. The second-order valence-electron chi connectivity index (χ2n) is 3.13. The van der Waals surface area contributed by atoms with Crippen LogP contribution >= 0.6 is 0 Å². The molecule has 0 amide bonds. The summed E-state index contributed by atoms with van der Waals surface area (Å²) in [6, 6.07) is 1.87. The monoisotopic (exact) mass is 203 g/mol. The van der Waals surface area contributed by atoms with E-state index in [1.807, 2.05) is 19.9 Å². The van der Waals surface area contributed by atoms with Crippen LogP contribution < -0.4 is 5.56 Å². The zero-order valence-electron chi connectivity index (χ0n) is 9.36. The molecule has 0 bridgehead atoms. The highest BCUT2D eigenvalue weighted by molar-refractivity contribution is 5.75. The van der Waals surface area contributed by atoms with Gasteiger partial charge in [0.25, 0.3) is 5.56 Å². The Kier molecular flexibility index (Phi) is 5.68. The largest absolute Gasteiger partial charge is 0.269 e. The average molecular weight is 203 g/mol. The van der Waals surface area contributed by atoms with Gasteiger partial charge in [-0.1, -0.05) is 13.0 Å². The molecule has 0 aliphatic rings. The summed E-state index contributed by atoms with van der Waals surface area (Å²) in [7, 11) is 0. The van der Waals surface area contributed by atoms with E-state index in [0.29, 0.717) is 13.0 Å². The van der Waals surface area contributed by atoms with Crippen molar-refractivity contribution in [2.24, 2.45) is 0 Å². The molecule has 1 rings (SSSR count). The van der Waals surface area contributed by atoms with Crippen molar-refractivity contribution in [1.82, 2.24) is 9.78 Å². The summed E-state index contributed by atoms with van der Waals surface area (Å²) < 4.78 is 1.51. The first-order chi connectivity index (χ1) is 6.72. The van der Waals surface area contributed by atoms with Crippen molar-refractivity contribution in [3.05, 3.63) is 40.3 Å². The van der Waals surface area contributed by atoms with Gasteiger partial charge in [-0.3, -0.25) is 4.79 Å². The van der Waals surface area contributed by atoms with E-state index in [-0.39, 0.29) is 14.0 Å². The summed E-state index contributed by atoms with van der Waals surface area (Å²) in [5.41, 5.74) is 1.78. The van der Waals surface area contributed by atoms with Crippen molar-refractivity contribution >= 4 is 8.41 Å². The van der Waals surface area contributed by atoms with E-state index < -0.39 is 0 Å². The average Bonchev–Trinajstić information content (AvgIpc) is 2.20. The Morgan fingerprint density at radius 1 is 1.53 bits per heavy atom. The highest BCUT2D eigenvalue weighted by Gasteiger charge is 2.04. The van der Waals surface area contributed by atoms with Gasteiger partial charge in [0.05, 0.1) is 5.69 Å². The molecule has 0 N–H and O–H groups in total. The van der Waals surface area contributed by atoms with Crippen LogP contribution in [0.25, 0.3) is 0 Å². The van der Waals surface area contributed by atoms with Crippen LogP contribution in [-0.2, 0) is 19.4 Å². The fraction of sp³-hybridized carbons (Fsp3) is 0.455. The topological polar surface area (TPSA) is 34.9 Å². The van der Waals surface area contributed by atoms with Crippen LogP contribution in [0.1, 0.15) is 25.1 Å². The Balaban J connectivity index is 0.00000196. The number of aromatic nitrogens is 2. The summed E-state index contributed by atoms with van der Waals surface area (Å²) in [6.07, 6.45) is 3.27. The predicted molar refractivity (Wildman–Crippen MR) is 63.2 cm³/mol. The molecular weight excluding hydrogens is 187 g/mol. The lowest BCUT2D eigenvalue weighted by Gasteiger charge is -2.06. The van der Waals surface area contributed by atoms with E-state index in [2.05, 4.69) is 11.7 Å². The SMILES string of the molecule is C=CCc1cc(CC)c(=O)n(CC)n1.[B]. The van der Waals surface area contributed by atoms with Gasteiger partial charge in [0.15, 0.2) is 0 Å². The van der Waals surface area contributed by atoms with Gasteiger partial charge in [0.1, 0.15) is 0 Å². The van der Waals surface area contributed by atoms with Crippen molar-refractivity contribution in [2.45, 2.75) is 33.2 Å². The Hall–Kier alpha value is -1.32. The van der Waals surface area contributed by atoms with Gasteiger partial charge < -0.3 is 0 Å². The molecule has 4 heteroatoms. The second kappa shape index (κ2) is 6.22. The van der Waals surface area contributed by atoms with Crippen molar-refractivity contribution in [1.29, 1.82) is 0 Å². The van der Waals surface area contributed by atoms with Crippen molar-refractivity contribution < 1.29 is 0 Å². The Morgan fingerprint density at radius 2 is 2.20 bits per heavy atom. The molecule has 0 aliphatic carbocycles. The first-order valence-electron chi connectivity index (χ1n) is 4.93. The van der Waals surface area contributed by atoms with Gasteiger partial charge in [-0.15, -0.1) is 6.58 Å². The first-order valence-corrected chi connectivity index (χ1v) is 4.93. The van der Waals surface area contributed by atoms with Crippen LogP contribution in [0.5, 0.6) is 0 Å². The zero-order valence-corrected chi connectivity index (χ0v) is 9.36.